The fourth-order valence-electron chi connectivity index (χ4n) is 3.01. The van der Waals surface area contributed by atoms with Crippen LogP contribution in [-0.2, 0) is 0 Å². The Morgan fingerprint density at radius 3 is 2.83 bits per heavy atom. The van der Waals surface area contributed by atoms with Crippen LogP contribution in [0.3, 0.4) is 0 Å². The smallest absolute Gasteiger partial charge is 0.263 e. The van der Waals surface area contributed by atoms with Crippen LogP contribution in [0, 0.1) is 0 Å². The first-order valence-electron chi connectivity index (χ1n) is 7.60. The summed E-state index contributed by atoms with van der Waals surface area (Å²) in [6.45, 7) is 1.47. The fraction of sp³-hybridized carbons (Fsp3) is 0.235. The van der Waals surface area contributed by atoms with Crippen LogP contribution in [0.25, 0.3) is 11.4 Å². The summed E-state index contributed by atoms with van der Waals surface area (Å²) in [6, 6.07) is 14.1. The molecule has 0 saturated carbocycles. The van der Waals surface area contributed by atoms with Gasteiger partial charge in [-0.2, -0.15) is 0 Å². The minimum absolute atomic E-state index is 0.122. The first-order valence-corrected chi connectivity index (χ1v) is 8.48. The Kier molecular flexibility index (Phi) is 3.67. The number of hydrogen-bond acceptors (Lipinski definition) is 4. The molecule has 0 aliphatic carbocycles. The Morgan fingerprint density at radius 1 is 1.17 bits per heavy atom. The Morgan fingerprint density at radius 2 is 2.04 bits per heavy atom. The SMILES string of the molecule is O=C(c1cccs1)N1CC[C@H](n2cnnc2-c2ccccc2)C1. The first-order chi connectivity index (χ1) is 11.3. The highest BCUT2D eigenvalue weighted by atomic mass is 32.1. The van der Waals surface area contributed by atoms with Crippen LogP contribution in [0.15, 0.2) is 54.2 Å². The van der Waals surface area contributed by atoms with Gasteiger partial charge in [-0.05, 0) is 17.9 Å². The van der Waals surface area contributed by atoms with Gasteiger partial charge < -0.3 is 9.47 Å². The van der Waals surface area contributed by atoms with Crippen molar-refractivity contribution in [3.05, 3.63) is 59.0 Å². The number of carbonyl (C=O) groups is 1. The van der Waals surface area contributed by atoms with Gasteiger partial charge in [-0.25, -0.2) is 0 Å². The van der Waals surface area contributed by atoms with Crippen molar-refractivity contribution in [2.24, 2.45) is 0 Å². The van der Waals surface area contributed by atoms with Gasteiger partial charge in [0.15, 0.2) is 5.82 Å². The largest absolute Gasteiger partial charge is 0.336 e. The monoisotopic (exact) mass is 324 g/mol. The summed E-state index contributed by atoms with van der Waals surface area (Å²) < 4.78 is 2.09. The van der Waals surface area contributed by atoms with Gasteiger partial charge in [0.1, 0.15) is 6.33 Å². The lowest BCUT2D eigenvalue weighted by Gasteiger charge is -2.17. The van der Waals surface area contributed by atoms with Crippen molar-refractivity contribution in [3.63, 3.8) is 0 Å². The maximum Gasteiger partial charge on any atom is 0.263 e. The molecule has 0 unspecified atom stereocenters. The maximum absolute atomic E-state index is 12.5. The van der Waals surface area contributed by atoms with Gasteiger partial charge in [-0.1, -0.05) is 36.4 Å². The molecule has 0 spiro atoms. The van der Waals surface area contributed by atoms with Gasteiger partial charge >= 0.3 is 0 Å². The predicted molar refractivity (Wildman–Crippen MR) is 89.3 cm³/mol. The molecule has 3 heterocycles. The average Bonchev–Trinajstić information content (AvgIpc) is 3.35. The summed E-state index contributed by atoms with van der Waals surface area (Å²) in [5, 5.41) is 10.3. The van der Waals surface area contributed by atoms with Crippen LogP contribution >= 0.6 is 11.3 Å². The van der Waals surface area contributed by atoms with Gasteiger partial charge in [0.25, 0.3) is 5.91 Å². The number of likely N-dealkylation sites (tertiary alicyclic amines) is 1. The minimum atomic E-state index is 0.122. The molecule has 1 amide bonds. The van der Waals surface area contributed by atoms with E-state index >= 15 is 0 Å². The molecule has 1 aliphatic heterocycles. The van der Waals surface area contributed by atoms with Crippen molar-refractivity contribution in [3.8, 4) is 11.4 Å². The molecule has 6 heteroatoms. The molecule has 0 radical (unpaired) electrons. The zero-order chi connectivity index (χ0) is 15.6. The predicted octanol–water partition coefficient (Wildman–Crippen LogP) is 3.09. The van der Waals surface area contributed by atoms with Crippen LogP contribution in [0.1, 0.15) is 22.1 Å². The van der Waals surface area contributed by atoms with E-state index in [1.807, 2.05) is 52.7 Å². The van der Waals surface area contributed by atoms with Crippen LogP contribution in [0.2, 0.25) is 0 Å². The molecule has 2 aromatic heterocycles. The van der Waals surface area contributed by atoms with Gasteiger partial charge in [-0.15, -0.1) is 21.5 Å². The van der Waals surface area contributed by atoms with Crippen LogP contribution in [0.4, 0.5) is 0 Å². The second-order valence-corrected chi connectivity index (χ2v) is 6.55. The van der Waals surface area contributed by atoms with E-state index in [-0.39, 0.29) is 11.9 Å². The summed E-state index contributed by atoms with van der Waals surface area (Å²) >= 11 is 1.49. The third-order valence-corrected chi connectivity index (χ3v) is 5.04. The maximum atomic E-state index is 12.5. The third kappa shape index (κ3) is 2.66. The van der Waals surface area contributed by atoms with Crippen LogP contribution < -0.4 is 0 Å². The summed E-state index contributed by atoms with van der Waals surface area (Å²) in [5.41, 5.74) is 1.05. The van der Waals surface area contributed by atoms with Crippen LogP contribution in [-0.4, -0.2) is 38.7 Å². The number of amides is 1. The number of rotatable bonds is 3. The Bertz CT molecular complexity index is 797. The molecular formula is C17H16N4OS. The van der Waals surface area contributed by atoms with Gasteiger partial charge in [-0.3, -0.25) is 4.79 Å². The lowest BCUT2D eigenvalue weighted by molar-refractivity contribution is 0.0792. The lowest BCUT2D eigenvalue weighted by Crippen LogP contribution is -2.28. The molecule has 3 aromatic rings. The molecule has 1 fully saturated rings. The van der Waals surface area contributed by atoms with E-state index in [2.05, 4.69) is 14.8 Å². The molecule has 0 N–H and O–H groups in total. The number of aromatic nitrogens is 3. The Hall–Kier alpha value is -2.47. The first kappa shape index (κ1) is 14.1. The van der Waals surface area contributed by atoms with Crippen molar-refractivity contribution >= 4 is 17.2 Å². The van der Waals surface area contributed by atoms with Gasteiger partial charge in [0, 0.05) is 18.7 Å². The molecule has 0 bridgehead atoms. The standard InChI is InChI=1S/C17H16N4OS/c22-17(15-7-4-10-23-15)20-9-8-14(11-20)21-12-18-19-16(21)13-5-2-1-3-6-13/h1-7,10,12,14H,8-9,11H2/t14-/m0/s1. The van der Waals surface area contributed by atoms with Crippen molar-refractivity contribution in [1.29, 1.82) is 0 Å². The van der Waals surface area contributed by atoms with E-state index in [1.54, 1.807) is 6.33 Å². The van der Waals surface area contributed by atoms with E-state index in [4.69, 9.17) is 0 Å². The fourth-order valence-corrected chi connectivity index (χ4v) is 3.70. The van der Waals surface area contributed by atoms with Gasteiger partial charge in [0.05, 0.1) is 10.9 Å². The summed E-state index contributed by atoms with van der Waals surface area (Å²) in [6.07, 6.45) is 2.70. The molecule has 116 valence electrons. The highest BCUT2D eigenvalue weighted by Crippen LogP contribution is 2.28. The van der Waals surface area contributed by atoms with E-state index in [9.17, 15) is 4.79 Å². The third-order valence-electron chi connectivity index (χ3n) is 4.18. The summed E-state index contributed by atoms with van der Waals surface area (Å²) in [5.74, 6) is 0.984. The lowest BCUT2D eigenvalue weighted by atomic mass is 10.2. The van der Waals surface area contributed by atoms with E-state index in [0.717, 1.165) is 29.2 Å². The number of benzene rings is 1. The summed E-state index contributed by atoms with van der Waals surface area (Å²) in [7, 11) is 0. The molecule has 1 atom stereocenters. The number of hydrogen-bond donors (Lipinski definition) is 0. The zero-order valence-corrected chi connectivity index (χ0v) is 13.3. The second kappa shape index (κ2) is 5.96. The molecule has 1 aliphatic rings. The zero-order valence-electron chi connectivity index (χ0n) is 12.5. The van der Waals surface area contributed by atoms with Crippen LogP contribution in [0.5, 0.6) is 0 Å². The molecule has 1 saturated heterocycles. The molecule has 5 nitrogen and oxygen atoms in total. The highest BCUT2D eigenvalue weighted by molar-refractivity contribution is 7.12. The minimum Gasteiger partial charge on any atom is -0.336 e. The number of thiophene rings is 1. The molecule has 4 rings (SSSR count). The summed E-state index contributed by atoms with van der Waals surface area (Å²) in [4.78, 5) is 15.2. The Labute approximate surface area is 138 Å². The molecule has 1 aromatic carbocycles. The number of nitrogens with zero attached hydrogens (tertiary/aromatic N) is 4. The topological polar surface area (TPSA) is 51.0 Å². The average molecular weight is 324 g/mol. The van der Waals surface area contributed by atoms with E-state index in [1.165, 1.54) is 11.3 Å². The van der Waals surface area contributed by atoms with E-state index < -0.39 is 0 Å². The second-order valence-electron chi connectivity index (χ2n) is 5.60. The normalized spacial score (nSPS) is 17.6. The van der Waals surface area contributed by atoms with Gasteiger partial charge in [0.2, 0.25) is 0 Å². The van der Waals surface area contributed by atoms with Crippen molar-refractivity contribution in [1.82, 2.24) is 19.7 Å². The van der Waals surface area contributed by atoms with Crippen molar-refractivity contribution in [2.45, 2.75) is 12.5 Å². The van der Waals surface area contributed by atoms with Crippen molar-refractivity contribution < 1.29 is 4.79 Å². The number of carbonyl (C=O) groups excluding carboxylic acids is 1. The highest BCUT2D eigenvalue weighted by Gasteiger charge is 2.29. The van der Waals surface area contributed by atoms with E-state index in [0.29, 0.717) is 6.54 Å². The quantitative estimate of drug-likeness (QED) is 0.744. The molecule has 23 heavy (non-hydrogen) atoms. The molecular weight excluding hydrogens is 308 g/mol. The van der Waals surface area contributed by atoms with Crippen molar-refractivity contribution in [2.75, 3.05) is 13.1 Å². The Balaban J connectivity index is 1.55.